The largest absolute Gasteiger partial charge is 0.481 e. The van der Waals surface area contributed by atoms with Gasteiger partial charge in [0.15, 0.2) is 6.17 Å². The molecule has 0 aliphatic carbocycles. The van der Waals surface area contributed by atoms with E-state index in [-0.39, 0.29) is 31.0 Å². The number of hydrogen-bond donors (Lipinski definition) is 2. The summed E-state index contributed by atoms with van der Waals surface area (Å²) >= 11 is 0. The first-order chi connectivity index (χ1) is 18.7. The molecule has 0 spiro atoms. The lowest BCUT2D eigenvalue weighted by molar-refractivity contribution is -0.142. The Bertz CT molecular complexity index is 1350. The maximum atomic E-state index is 13.8. The number of carbonyl (C=O) groups excluding carboxylic acids is 3. The van der Waals surface area contributed by atoms with Gasteiger partial charge < -0.3 is 20.2 Å². The Balaban J connectivity index is 1.60. The second-order valence-corrected chi connectivity index (χ2v) is 9.17. The van der Waals surface area contributed by atoms with Gasteiger partial charge in [-0.2, -0.15) is 0 Å². The van der Waals surface area contributed by atoms with Gasteiger partial charge in [0.05, 0.1) is 12.5 Å². The average molecular weight is 536 g/mol. The fourth-order valence-corrected chi connectivity index (χ4v) is 4.58. The molecule has 4 rings (SSSR count). The maximum absolute atomic E-state index is 13.8. The molecule has 202 valence electrons. The number of benzene rings is 3. The molecule has 1 aliphatic rings. The van der Waals surface area contributed by atoms with E-state index in [1.54, 1.807) is 0 Å². The smallest absolute Gasteiger partial charge is 0.305 e. The van der Waals surface area contributed by atoms with Gasteiger partial charge in [0.1, 0.15) is 11.6 Å². The minimum atomic E-state index is -1.39. The molecule has 0 aromatic heterocycles. The molecule has 3 aromatic carbocycles. The van der Waals surface area contributed by atoms with E-state index < -0.39 is 48.0 Å². The molecule has 0 radical (unpaired) electrons. The van der Waals surface area contributed by atoms with Crippen LogP contribution in [0.4, 0.5) is 8.78 Å². The molecular formula is C29H27F2N3O5. The zero-order valence-electron chi connectivity index (χ0n) is 20.9. The van der Waals surface area contributed by atoms with E-state index in [1.807, 2.05) is 30.3 Å². The molecule has 1 fully saturated rings. The Morgan fingerprint density at radius 2 is 1.56 bits per heavy atom. The Kier molecular flexibility index (Phi) is 8.65. The van der Waals surface area contributed by atoms with Crippen molar-refractivity contribution in [3.8, 4) is 0 Å². The van der Waals surface area contributed by atoms with E-state index in [0.717, 1.165) is 23.8 Å². The zero-order chi connectivity index (χ0) is 27.9. The number of carboxylic acid groups (broad SMARTS) is 1. The van der Waals surface area contributed by atoms with E-state index in [2.05, 4.69) is 5.32 Å². The summed E-state index contributed by atoms with van der Waals surface area (Å²) in [4.78, 5) is 54.2. The number of aryl methyl sites for hydroxylation is 1. The molecule has 1 heterocycles. The molecule has 0 bridgehead atoms. The second-order valence-electron chi connectivity index (χ2n) is 9.17. The van der Waals surface area contributed by atoms with Crippen LogP contribution in [0.3, 0.4) is 0 Å². The Morgan fingerprint density at radius 1 is 0.872 bits per heavy atom. The van der Waals surface area contributed by atoms with Gasteiger partial charge in [0.2, 0.25) is 5.91 Å². The zero-order valence-corrected chi connectivity index (χ0v) is 20.9. The van der Waals surface area contributed by atoms with Crippen LogP contribution in [0.2, 0.25) is 0 Å². The first kappa shape index (κ1) is 27.4. The number of hydrogen-bond acceptors (Lipinski definition) is 4. The van der Waals surface area contributed by atoms with Gasteiger partial charge in [-0.3, -0.25) is 19.2 Å². The number of nitrogens with zero attached hydrogens (tertiary/aromatic N) is 2. The Hall–Kier alpha value is -4.60. The second kappa shape index (κ2) is 12.3. The molecule has 3 amide bonds. The number of carboxylic acids is 1. The van der Waals surface area contributed by atoms with Crippen molar-refractivity contribution in [2.45, 2.75) is 31.5 Å². The molecule has 39 heavy (non-hydrogen) atoms. The first-order valence-electron chi connectivity index (χ1n) is 12.4. The molecule has 2 N–H and O–H groups in total. The van der Waals surface area contributed by atoms with Crippen molar-refractivity contribution in [2.75, 3.05) is 13.1 Å². The van der Waals surface area contributed by atoms with Crippen molar-refractivity contribution < 1.29 is 33.1 Å². The highest BCUT2D eigenvalue weighted by molar-refractivity contribution is 5.99. The lowest BCUT2D eigenvalue weighted by Gasteiger charge is -2.31. The van der Waals surface area contributed by atoms with Crippen molar-refractivity contribution in [2.24, 2.45) is 0 Å². The van der Waals surface area contributed by atoms with Crippen LogP contribution in [0.15, 0.2) is 78.9 Å². The van der Waals surface area contributed by atoms with E-state index in [0.29, 0.717) is 12.0 Å². The summed E-state index contributed by atoms with van der Waals surface area (Å²) in [6.45, 7) is 0.0809. The summed E-state index contributed by atoms with van der Waals surface area (Å²) in [5.41, 5.74) is 1.28. The summed E-state index contributed by atoms with van der Waals surface area (Å²) in [7, 11) is 0. The molecule has 0 saturated carbocycles. The summed E-state index contributed by atoms with van der Waals surface area (Å²) in [5, 5.41) is 12.0. The maximum Gasteiger partial charge on any atom is 0.305 e. The molecule has 3 aromatic rings. The van der Waals surface area contributed by atoms with Gasteiger partial charge >= 0.3 is 5.97 Å². The van der Waals surface area contributed by atoms with Crippen LogP contribution in [0, 0.1) is 11.6 Å². The van der Waals surface area contributed by atoms with E-state index in [9.17, 15) is 33.1 Å². The normalized spacial score (nSPS) is 15.6. The summed E-state index contributed by atoms with van der Waals surface area (Å²) in [6, 6.07) is 18.3. The van der Waals surface area contributed by atoms with Crippen molar-refractivity contribution in [3.63, 3.8) is 0 Å². The van der Waals surface area contributed by atoms with E-state index in [4.69, 9.17) is 0 Å². The van der Waals surface area contributed by atoms with Gasteiger partial charge in [-0.1, -0.05) is 48.5 Å². The van der Waals surface area contributed by atoms with Crippen molar-refractivity contribution in [1.82, 2.24) is 15.1 Å². The van der Waals surface area contributed by atoms with Crippen molar-refractivity contribution in [1.29, 1.82) is 0 Å². The van der Waals surface area contributed by atoms with Gasteiger partial charge in [-0.15, -0.1) is 0 Å². The molecule has 2 unspecified atom stereocenters. The fraction of sp³-hybridized carbons (Fsp3) is 0.241. The summed E-state index contributed by atoms with van der Waals surface area (Å²) < 4.78 is 27.3. The van der Waals surface area contributed by atoms with Crippen LogP contribution < -0.4 is 5.32 Å². The highest BCUT2D eigenvalue weighted by Crippen LogP contribution is 2.24. The predicted molar refractivity (Wildman–Crippen MR) is 137 cm³/mol. The van der Waals surface area contributed by atoms with Crippen LogP contribution in [0.5, 0.6) is 0 Å². The summed E-state index contributed by atoms with van der Waals surface area (Å²) in [6.07, 6.45) is -1.41. The third kappa shape index (κ3) is 6.84. The predicted octanol–water partition coefficient (Wildman–Crippen LogP) is 3.54. The average Bonchev–Trinajstić information content (AvgIpc) is 3.37. The number of halogens is 2. The highest BCUT2D eigenvalue weighted by atomic mass is 19.1. The third-order valence-corrected chi connectivity index (χ3v) is 6.50. The number of aliphatic carboxylic acids is 1. The van der Waals surface area contributed by atoms with Crippen LogP contribution in [0.1, 0.15) is 40.4 Å². The lowest BCUT2D eigenvalue weighted by Crippen LogP contribution is -2.54. The lowest BCUT2D eigenvalue weighted by atomic mass is 10.0. The highest BCUT2D eigenvalue weighted by Gasteiger charge is 2.43. The minimum Gasteiger partial charge on any atom is -0.481 e. The number of nitrogens with one attached hydrogen (secondary N) is 1. The van der Waals surface area contributed by atoms with Gasteiger partial charge in [0.25, 0.3) is 11.8 Å². The van der Waals surface area contributed by atoms with Crippen LogP contribution in [-0.4, -0.2) is 57.9 Å². The third-order valence-electron chi connectivity index (χ3n) is 6.50. The molecule has 1 saturated heterocycles. The van der Waals surface area contributed by atoms with E-state index in [1.165, 1.54) is 40.1 Å². The molecular weight excluding hydrogens is 508 g/mol. The quantitative estimate of drug-likeness (QED) is 0.436. The van der Waals surface area contributed by atoms with Crippen LogP contribution in [-0.2, 0) is 20.8 Å². The minimum absolute atomic E-state index is 0.00649. The molecule has 1 aliphatic heterocycles. The van der Waals surface area contributed by atoms with Crippen LogP contribution >= 0.6 is 0 Å². The summed E-state index contributed by atoms with van der Waals surface area (Å²) in [5.74, 6) is -4.17. The SMILES string of the molecule is O=C(O)CC(NC(=O)C1N(C(=O)CCc2ccccc2)CCN1C(=O)c1cccc(F)c1)c1ccc(F)cc1. The van der Waals surface area contributed by atoms with Crippen molar-refractivity contribution in [3.05, 3.63) is 107 Å². The van der Waals surface area contributed by atoms with Gasteiger partial charge in [0, 0.05) is 25.1 Å². The molecule has 10 heteroatoms. The fourth-order valence-electron chi connectivity index (χ4n) is 4.58. The van der Waals surface area contributed by atoms with Gasteiger partial charge in [-0.05, 0) is 47.9 Å². The monoisotopic (exact) mass is 535 g/mol. The topological polar surface area (TPSA) is 107 Å². The number of carbonyl (C=O) groups is 4. The first-order valence-corrected chi connectivity index (χ1v) is 12.4. The van der Waals surface area contributed by atoms with Gasteiger partial charge in [-0.25, -0.2) is 8.78 Å². The Labute approximate surface area is 223 Å². The van der Waals surface area contributed by atoms with Crippen molar-refractivity contribution >= 4 is 23.7 Å². The molecule has 2 atom stereocenters. The number of amides is 3. The molecule has 8 nitrogen and oxygen atoms in total. The van der Waals surface area contributed by atoms with E-state index >= 15 is 0 Å². The Morgan fingerprint density at radius 3 is 2.23 bits per heavy atom. The standard InChI is InChI=1S/C29H27F2N3O5/c30-22-12-10-20(11-13-22)24(18-26(36)37)32-27(38)28-33(25(35)14-9-19-5-2-1-3-6-19)15-16-34(28)29(39)21-7-4-8-23(31)17-21/h1-8,10-13,17,24,28H,9,14-16,18H2,(H,32,38)(H,36,37). The van der Waals surface area contributed by atoms with Crippen LogP contribution in [0.25, 0.3) is 0 Å². The number of rotatable bonds is 9.